The molecule has 130 valence electrons. The second-order valence-electron chi connectivity index (χ2n) is 5.69. The van der Waals surface area contributed by atoms with E-state index in [1.54, 1.807) is 12.1 Å². The van der Waals surface area contributed by atoms with E-state index in [-0.39, 0.29) is 12.4 Å². The van der Waals surface area contributed by atoms with E-state index in [1.165, 1.54) is 6.07 Å². The van der Waals surface area contributed by atoms with E-state index in [0.717, 1.165) is 44.0 Å². The highest BCUT2D eigenvalue weighted by molar-refractivity contribution is 5.33. The molecule has 0 unspecified atom stereocenters. The fourth-order valence-corrected chi connectivity index (χ4v) is 2.56. The first-order valence-electron chi connectivity index (χ1n) is 8.61. The minimum atomic E-state index is -0.229. The lowest BCUT2D eigenvalue weighted by Crippen LogP contribution is -2.31. The molecular formula is C20H27FN2O. The van der Waals surface area contributed by atoms with E-state index in [1.807, 2.05) is 30.3 Å². The van der Waals surface area contributed by atoms with Crippen LogP contribution in [0.3, 0.4) is 0 Å². The summed E-state index contributed by atoms with van der Waals surface area (Å²) in [6.07, 6.45) is 0. The van der Waals surface area contributed by atoms with Crippen molar-refractivity contribution < 1.29 is 9.13 Å². The predicted molar refractivity (Wildman–Crippen MR) is 96.7 cm³/mol. The van der Waals surface area contributed by atoms with Crippen LogP contribution in [0.25, 0.3) is 0 Å². The molecule has 0 amide bonds. The van der Waals surface area contributed by atoms with Gasteiger partial charge in [0, 0.05) is 30.8 Å². The van der Waals surface area contributed by atoms with Crippen molar-refractivity contribution in [3.8, 4) is 5.75 Å². The van der Waals surface area contributed by atoms with Crippen LogP contribution in [0.4, 0.5) is 4.39 Å². The Balaban J connectivity index is 1.87. The van der Waals surface area contributed by atoms with E-state index in [2.05, 4.69) is 24.1 Å². The lowest BCUT2D eigenvalue weighted by molar-refractivity contribution is 0.292. The fraction of sp³-hybridized carbons (Fsp3) is 0.400. The minimum absolute atomic E-state index is 0.229. The van der Waals surface area contributed by atoms with Crippen molar-refractivity contribution in [1.29, 1.82) is 0 Å². The molecule has 0 bridgehead atoms. The number of nitrogens with zero attached hydrogens (tertiary/aromatic N) is 1. The molecule has 2 aromatic carbocycles. The summed E-state index contributed by atoms with van der Waals surface area (Å²) in [7, 11) is 0. The van der Waals surface area contributed by atoms with Crippen LogP contribution < -0.4 is 10.1 Å². The Kier molecular flexibility index (Phi) is 7.72. The first-order valence-corrected chi connectivity index (χ1v) is 8.61. The largest absolute Gasteiger partial charge is 0.488 e. The molecule has 24 heavy (non-hydrogen) atoms. The summed E-state index contributed by atoms with van der Waals surface area (Å²) in [5.41, 5.74) is 1.66. The van der Waals surface area contributed by atoms with Crippen LogP contribution in [-0.4, -0.2) is 31.1 Å². The number of hydrogen-bond donors (Lipinski definition) is 1. The maximum absolute atomic E-state index is 13.7. The first kappa shape index (κ1) is 18.4. The van der Waals surface area contributed by atoms with Gasteiger partial charge in [-0.1, -0.05) is 50.2 Å². The van der Waals surface area contributed by atoms with Gasteiger partial charge in [-0.05, 0) is 25.2 Å². The molecule has 2 rings (SSSR count). The summed E-state index contributed by atoms with van der Waals surface area (Å²) in [5, 5.41) is 3.46. The molecular weight excluding hydrogens is 303 g/mol. The molecule has 0 fully saturated rings. The molecule has 0 heterocycles. The Labute approximate surface area is 144 Å². The highest BCUT2D eigenvalue weighted by Crippen LogP contribution is 2.20. The quantitative estimate of drug-likeness (QED) is 0.670. The highest BCUT2D eigenvalue weighted by Gasteiger charge is 2.06. The van der Waals surface area contributed by atoms with Crippen LogP contribution >= 0.6 is 0 Å². The molecule has 0 aliphatic carbocycles. The third-order valence-corrected chi connectivity index (χ3v) is 4.13. The smallest absolute Gasteiger partial charge is 0.129 e. The molecule has 0 atom stereocenters. The molecule has 3 nitrogen and oxygen atoms in total. The summed E-state index contributed by atoms with van der Waals surface area (Å²) in [6, 6.07) is 14.6. The third kappa shape index (κ3) is 5.62. The molecule has 0 aliphatic rings. The fourth-order valence-electron chi connectivity index (χ4n) is 2.56. The monoisotopic (exact) mass is 330 g/mol. The summed E-state index contributed by atoms with van der Waals surface area (Å²) in [5.74, 6) is 0.573. The summed E-state index contributed by atoms with van der Waals surface area (Å²) in [6.45, 7) is 9.44. The van der Waals surface area contributed by atoms with Crippen LogP contribution in [0.1, 0.15) is 25.0 Å². The first-order chi connectivity index (χ1) is 11.7. The predicted octanol–water partition coefficient (Wildman–Crippen LogP) is 3.84. The molecule has 0 aromatic heterocycles. The number of nitrogens with one attached hydrogen (secondary N) is 1. The number of rotatable bonds is 10. The van der Waals surface area contributed by atoms with Crippen molar-refractivity contribution in [2.75, 3.05) is 26.2 Å². The maximum Gasteiger partial charge on any atom is 0.129 e. The van der Waals surface area contributed by atoms with Crippen LogP contribution in [-0.2, 0) is 13.2 Å². The van der Waals surface area contributed by atoms with Crippen LogP contribution in [0, 0.1) is 5.82 Å². The van der Waals surface area contributed by atoms with Gasteiger partial charge in [0.15, 0.2) is 0 Å². The van der Waals surface area contributed by atoms with Gasteiger partial charge in [0.2, 0.25) is 0 Å². The van der Waals surface area contributed by atoms with E-state index >= 15 is 0 Å². The van der Waals surface area contributed by atoms with Gasteiger partial charge in [-0.25, -0.2) is 4.39 Å². The molecule has 2 aromatic rings. The number of benzene rings is 2. The van der Waals surface area contributed by atoms with Gasteiger partial charge in [0.25, 0.3) is 0 Å². The van der Waals surface area contributed by atoms with Gasteiger partial charge >= 0.3 is 0 Å². The number of likely N-dealkylation sites (N-methyl/N-ethyl adjacent to an activating group) is 1. The molecule has 0 saturated carbocycles. The van der Waals surface area contributed by atoms with Crippen LogP contribution in [0.5, 0.6) is 5.75 Å². The van der Waals surface area contributed by atoms with Crippen LogP contribution in [0.2, 0.25) is 0 Å². The average Bonchev–Trinajstić information content (AvgIpc) is 2.62. The van der Waals surface area contributed by atoms with Crippen molar-refractivity contribution in [3.05, 3.63) is 65.5 Å². The molecule has 1 N–H and O–H groups in total. The highest BCUT2D eigenvalue weighted by atomic mass is 19.1. The number of hydrogen-bond acceptors (Lipinski definition) is 3. The summed E-state index contributed by atoms with van der Waals surface area (Å²) in [4.78, 5) is 2.38. The minimum Gasteiger partial charge on any atom is -0.488 e. The molecule has 0 radical (unpaired) electrons. The van der Waals surface area contributed by atoms with Gasteiger partial charge in [0.1, 0.15) is 18.2 Å². The Morgan fingerprint density at radius 2 is 1.62 bits per heavy atom. The molecule has 0 saturated heterocycles. The number of halogens is 1. The normalized spacial score (nSPS) is 11.0. The summed E-state index contributed by atoms with van der Waals surface area (Å²) >= 11 is 0. The zero-order valence-corrected chi connectivity index (χ0v) is 14.6. The van der Waals surface area contributed by atoms with Gasteiger partial charge in [-0.2, -0.15) is 0 Å². The Morgan fingerprint density at radius 3 is 2.33 bits per heavy atom. The van der Waals surface area contributed by atoms with Gasteiger partial charge in [0.05, 0.1) is 0 Å². The Morgan fingerprint density at radius 1 is 0.958 bits per heavy atom. The lowest BCUT2D eigenvalue weighted by Gasteiger charge is -2.18. The average molecular weight is 330 g/mol. The number of ether oxygens (including phenoxy) is 1. The Bertz CT molecular complexity index is 614. The lowest BCUT2D eigenvalue weighted by atomic mass is 10.2. The third-order valence-electron chi connectivity index (χ3n) is 4.13. The van der Waals surface area contributed by atoms with E-state index in [4.69, 9.17) is 4.74 Å². The molecule has 0 spiro atoms. The van der Waals surface area contributed by atoms with Crippen LogP contribution in [0.15, 0.2) is 48.5 Å². The standard InChI is InChI=1S/C20H27FN2O/c1-3-23(4-2)14-13-22-15-17-9-6-8-12-20(17)24-16-18-10-5-7-11-19(18)21/h5-12,22H,3-4,13-16H2,1-2H3. The van der Waals surface area contributed by atoms with Crippen molar-refractivity contribution in [3.63, 3.8) is 0 Å². The van der Waals surface area contributed by atoms with Crippen molar-refractivity contribution in [2.24, 2.45) is 0 Å². The van der Waals surface area contributed by atoms with Crippen molar-refractivity contribution in [2.45, 2.75) is 27.0 Å². The van der Waals surface area contributed by atoms with E-state index in [9.17, 15) is 4.39 Å². The maximum atomic E-state index is 13.7. The zero-order chi connectivity index (χ0) is 17.2. The van der Waals surface area contributed by atoms with Gasteiger partial charge < -0.3 is 15.0 Å². The molecule has 0 aliphatic heterocycles. The second-order valence-corrected chi connectivity index (χ2v) is 5.69. The summed E-state index contributed by atoms with van der Waals surface area (Å²) < 4.78 is 19.5. The second kappa shape index (κ2) is 10.1. The molecule has 4 heteroatoms. The van der Waals surface area contributed by atoms with E-state index < -0.39 is 0 Å². The van der Waals surface area contributed by atoms with Gasteiger partial charge in [-0.3, -0.25) is 0 Å². The van der Waals surface area contributed by atoms with Crippen molar-refractivity contribution in [1.82, 2.24) is 10.2 Å². The number of para-hydroxylation sites is 1. The zero-order valence-electron chi connectivity index (χ0n) is 14.6. The van der Waals surface area contributed by atoms with Crippen molar-refractivity contribution >= 4 is 0 Å². The topological polar surface area (TPSA) is 24.5 Å². The Hall–Kier alpha value is -1.91. The SMILES string of the molecule is CCN(CC)CCNCc1ccccc1OCc1ccccc1F. The van der Waals surface area contributed by atoms with E-state index in [0.29, 0.717) is 5.56 Å². The van der Waals surface area contributed by atoms with Gasteiger partial charge in [-0.15, -0.1) is 0 Å².